The van der Waals surface area contributed by atoms with Crippen molar-refractivity contribution in [3.63, 3.8) is 0 Å². The van der Waals surface area contributed by atoms with Gasteiger partial charge < -0.3 is 19.9 Å². The first kappa shape index (κ1) is 34.9. The Morgan fingerprint density at radius 3 is 1.85 bits per heavy atom. The molecule has 1 heterocycles. The number of nitrogens with one attached hydrogen (secondary N) is 2. The van der Waals surface area contributed by atoms with Crippen LogP contribution in [0.2, 0.25) is 0 Å². The number of unbranched alkanes of at least 4 members (excludes halogenated alkanes) is 2. The van der Waals surface area contributed by atoms with Gasteiger partial charge in [0.15, 0.2) is 6.29 Å². The maximum atomic E-state index is 12.5. The molecule has 0 unspecified atom stereocenters. The van der Waals surface area contributed by atoms with E-state index in [1.165, 1.54) is 11.1 Å². The third kappa shape index (κ3) is 10.8. The Balaban J connectivity index is 1.27. The van der Waals surface area contributed by atoms with Crippen molar-refractivity contribution in [1.29, 1.82) is 0 Å². The molecule has 1 aliphatic heterocycles. The number of benzene rings is 4. The fourth-order valence-electron chi connectivity index (χ4n) is 5.94. The van der Waals surface area contributed by atoms with Gasteiger partial charge in [-0.3, -0.25) is 19.7 Å². The second kappa shape index (κ2) is 18.2. The zero-order valence-electron chi connectivity index (χ0n) is 27.2. The highest BCUT2D eigenvalue weighted by Gasteiger charge is 2.33. The van der Waals surface area contributed by atoms with Crippen LogP contribution in [0.3, 0.4) is 0 Å². The van der Waals surface area contributed by atoms with E-state index in [-0.39, 0.29) is 31.1 Å². The van der Waals surface area contributed by atoms with Crippen molar-refractivity contribution in [3.05, 3.63) is 137 Å². The number of amides is 2. The van der Waals surface area contributed by atoms with E-state index in [4.69, 9.17) is 14.7 Å². The molecule has 4 aromatic rings. The first-order valence-corrected chi connectivity index (χ1v) is 16.6. The first-order valence-electron chi connectivity index (χ1n) is 16.6. The van der Waals surface area contributed by atoms with Gasteiger partial charge in [-0.1, -0.05) is 103 Å². The summed E-state index contributed by atoms with van der Waals surface area (Å²) >= 11 is 0. The van der Waals surface area contributed by atoms with E-state index in [2.05, 4.69) is 58.7 Å². The first-order chi connectivity index (χ1) is 23.5. The van der Waals surface area contributed by atoms with Crippen molar-refractivity contribution in [2.24, 2.45) is 0 Å². The van der Waals surface area contributed by atoms with Gasteiger partial charge in [0.05, 0.1) is 18.8 Å². The number of anilines is 1. The SMILES string of the molecule is O=C(CCCCCC(=O)Nc1ccc([C@@H]2O[C@H](CN(Cc3ccccc3)Cc3ccccc3)C[C@H](c3ccc(CO)cc3)O2)cc1)NO. The maximum Gasteiger partial charge on any atom is 0.243 e. The minimum Gasteiger partial charge on any atom is -0.392 e. The molecule has 0 aromatic heterocycles. The summed E-state index contributed by atoms with van der Waals surface area (Å²) in [7, 11) is 0. The summed E-state index contributed by atoms with van der Waals surface area (Å²) in [6.45, 7) is 2.25. The average molecular weight is 652 g/mol. The van der Waals surface area contributed by atoms with Crippen molar-refractivity contribution in [3.8, 4) is 0 Å². The lowest BCUT2D eigenvalue weighted by Crippen LogP contribution is -2.39. The summed E-state index contributed by atoms with van der Waals surface area (Å²) in [5.74, 6) is -0.512. The van der Waals surface area contributed by atoms with Crippen LogP contribution in [0.1, 0.15) is 78.7 Å². The van der Waals surface area contributed by atoms with Crippen molar-refractivity contribution < 1.29 is 29.4 Å². The standard InChI is InChI=1S/C39H45N3O6/c43-28-31-16-18-32(19-17-31)36-24-35(27-42(25-29-10-4-1-5-11-29)26-30-12-6-2-7-13-30)47-39(48-36)33-20-22-34(23-21-33)40-37(44)14-8-3-9-15-38(45)41-46/h1-2,4-7,10-13,16-23,35-36,39,43,46H,3,8-9,14-15,24-28H2,(H,40,44)(H,41,45)/t35-,36+,39+/m0/s1. The zero-order chi connectivity index (χ0) is 33.6. The molecule has 0 bridgehead atoms. The molecule has 1 aliphatic rings. The monoisotopic (exact) mass is 651 g/mol. The number of hydrogen-bond donors (Lipinski definition) is 4. The van der Waals surface area contributed by atoms with Crippen LogP contribution in [0.15, 0.2) is 109 Å². The quantitative estimate of drug-likeness (QED) is 0.0596. The van der Waals surface area contributed by atoms with E-state index in [0.717, 1.165) is 36.2 Å². The van der Waals surface area contributed by atoms with Gasteiger partial charge in [0.1, 0.15) is 0 Å². The summed E-state index contributed by atoms with van der Waals surface area (Å²) in [6.07, 6.45) is 2.29. The van der Waals surface area contributed by atoms with E-state index >= 15 is 0 Å². The van der Waals surface area contributed by atoms with E-state index in [9.17, 15) is 14.7 Å². The summed E-state index contributed by atoms with van der Waals surface area (Å²) in [5.41, 5.74) is 7.52. The van der Waals surface area contributed by atoms with Crippen LogP contribution < -0.4 is 10.8 Å². The van der Waals surface area contributed by atoms with Gasteiger partial charge in [-0.25, -0.2) is 5.48 Å². The normalized spacial score (nSPS) is 17.6. The Kier molecular flexibility index (Phi) is 13.3. The summed E-state index contributed by atoms with van der Waals surface area (Å²) in [6, 6.07) is 36.4. The van der Waals surface area contributed by atoms with Crippen LogP contribution in [-0.2, 0) is 38.8 Å². The highest BCUT2D eigenvalue weighted by Crippen LogP contribution is 2.38. The molecule has 9 nitrogen and oxygen atoms in total. The largest absolute Gasteiger partial charge is 0.392 e. The lowest BCUT2D eigenvalue weighted by atomic mass is 9.99. The lowest BCUT2D eigenvalue weighted by Gasteiger charge is -2.38. The molecule has 0 spiro atoms. The van der Waals surface area contributed by atoms with Gasteiger partial charge in [-0.2, -0.15) is 0 Å². The van der Waals surface area contributed by atoms with Crippen LogP contribution in [0, 0.1) is 0 Å². The molecule has 2 amide bonds. The molecular formula is C39H45N3O6. The van der Waals surface area contributed by atoms with Crippen LogP contribution in [0.5, 0.6) is 0 Å². The zero-order valence-corrected chi connectivity index (χ0v) is 27.2. The molecule has 0 saturated carbocycles. The predicted molar refractivity (Wildman–Crippen MR) is 184 cm³/mol. The molecule has 0 radical (unpaired) electrons. The Morgan fingerprint density at radius 1 is 0.688 bits per heavy atom. The molecule has 48 heavy (non-hydrogen) atoms. The van der Waals surface area contributed by atoms with Crippen LogP contribution in [-0.4, -0.2) is 39.7 Å². The summed E-state index contributed by atoms with van der Waals surface area (Å²) < 4.78 is 13.2. The smallest absolute Gasteiger partial charge is 0.243 e. The second-order valence-corrected chi connectivity index (χ2v) is 12.3. The topological polar surface area (TPSA) is 120 Å². The van der Waals surface area contributed by atoms with Crippen LogP contribution in [0.25, 0.3) is 0 Å². The molecule has 3 atom stereocenters. The third-order valence-electron chi connectivity index (χ3n) is 8.47. The fraction of sp³-hybridized carbons (Fsp3) is 0.333. The highest BCUT2D eigenvalue weighted by atomic mass is 16.7. The molecule has 5 rings (SSSR count). The van der Waals surface area contributed by atoms with Gasteiger partial charge in [0, 0.05) is 50.1 Å². The van der Waals surface area contributed by atoms with Gasteiger partial charge in [0.25, 0.3) is 0 Å². The second-order valence-electron chi connectivity index (χ2n) is 12.3. The molecule has 0 aliphatic carbocycles. The van der Waals surface area contributed by atoms with E-state index in [1.807, 2.05) is 60.7 Å². The summed E-state index contributed by atoms with van der Waals surface area (Å²) in [5, 5.41) is 21.1. The number of rotatable bonds is 16. The van der Waals surface area contributed by atoms with Gasteiger partial charge in [0.2, 0.25) is 11.8 Å². The predicted octanol–water partition coefficient (Wildman–Crippen LogP) is 6.82. The molecule has 4 N–H and O–H groups in total. The minimum atomic E-state index is -0.609. The Hall–Kier alpha value is -4.38. The molecule has 4 aromatic carbocycles. The van der Waals surface area contributed by atoms with E-state index in [1.54, 1.807) is 5.48 Å². The molecule has 252 valence electrons. The molecule has 9 heteroatoms. The van der Waals surface area contributed by atoms with Crippen molar-refractivity contribution in [1.82, 2.24) is 10.4 Å². The highest BCUT2D eigenvalue weighted by molar-refractivity contribution is 5.90. The van der Waals surface area contributed by atoms with E-state index in [0.29, 0.717) is 37.9 Å². The van der Waals surface area contributed by atoms with E-state index < -0.39 is 12.2 Å². The fourth-order valence-corrected chi connectivity index (χ4v) is 5.94. The Labute approximate surface area is 282 Å². The van der Waals surface area contributed by atoms with Crippen LogP contribution in [0.4, 0.5) is 5.69 Å². The molecular weight excluding hydrogens is 606 g/mol. The molecule has 1 saturated heterocycles. The average Bonchev–Trinajstić information content (AvgIpc) is 3.12. The van der Waals surface area contributed by atoms with Crippen molar-refractivity contribution in [2.75, 3.05) is 11.9 Å². The molecule has 1 fully saturated rings. The van der Waals surface area contributed by atoms with Gasteiger partial charge in [-0.15, -0.1) is 0 Å². The number of ether oxygens (including phenoxy) is 2. The third-order valence-corrected chi connectivity index (χ3v) is 8.47. The number of carbonyl (C=O) groups is 2. The minimum absolute atomic E-state index is 0.0136. The Morgan fingerprint density at radius 2 is 1.27 bits per heavy atom. The van der Waals surface area contributed by atoms with Crippen molar-refractivity contribution in [2.45, 2.75) is 76.7 Å². The maximum absolute atomic E-state index is 12.5. The van der Waals surface area contributed by atoms with Gasteiger partial charge >= 0.3 is 0 Å². The van der Waals surface area contributed by atoms with Gasteiger partial charge in [-0.05, 0) is 47.2 Å². The summed E-state index contributed by atoms with van der Waals surface area (Å²) in [4.78, 5) is 26.1. The number of aliphatic hydroxyl groups is 1. The number of hydrogen-bond acceptors (Lipinski definition) is 7. The number of hydroxylamine groups is 1. The lowest BCUT2D eigenvalue weighted by molar-refractivity contribution is -0.253. The number of aliphatic hydroxyl groups excluding tert-OH is 1. The number of carbonyl (C=O) groups excluding carboxylic acids is 2. The van der Waals surface area contributed by atoms with Crippen LogP contribution >= 0.6 is 0 Å². The van der Waals surface area contributed by atoms with Crippen molar-refractivity contribution >= 4 is 17.5 Å². The number of nitrogens with zero attached hydrogens (tertiary/aromatic N) is 1. The Bertz CT molecular complexity index is 1510.